The number of aromatic amines is 1. The van der Waals surface area contributed by atoms with Crippen LogP contribution in [0.4, 0.5) is 0 Å². The summed E-state index contributed by atoms with van der Waals surface area (Å²) in [6.07, 6.45) is 3.59. The molecule has 25 heavy (non-hydrogen) atoms. The Hall–Kier alpha value is -2.82. The smallest absolute Gasteiger partial charge is 0.252 e. The minimum Gasteiger partial charge on any atom is -0.355 e. The average Bonchev–Trinajstić information content (AvgIpc) is 2.98. The highest BCUT2D eigenvalue weighted by Gasteiger charge is 2.39. The normalized spacial score (nSPS) is 20.6. The number of hydrogen-bond acceptors (Lipinski definition) is 2. The molecule has 4 rings (SSSR count). The topological polar surface area (TPSA) is 66.9 Å². The van der Waals surface area contributed by atoms with Crippen molar-refractivity contribution < 1.29 is 4.79 Å². The molecule has 1 saturated heterocycles. The number of aryl methyl sites for hydroxylation is 1. The highest BCUT2D eigenvalue weighted by atomic mass is 16.2. The number of carbonyl (C=O) groups excluding carboxylic acids is 1. The van der Waals surface area contributed by atoms with Crippen molar-refractivity contribution in [2.75, 3.05) is 6.54 Å². The van der Waals surface area contributed by atoms with Gasteiger partial charge in [-0.1, -0.05) is 12.1 Å². The summed E-state index contributed by atoms with van der Waals surface area (Å²) in [5, 5.41) is 4.00. The quantitative estimate of drug-likeness (QED) is 0.756. The first-order valence-corrected chi connectivity index (χ1v) is 8.57. The van der Waals surface area contributed by atoms with E-state index in [-0.39, 0.29) is 11.5 Å². The molecular weight excluding hydrogens is 314 g/mol. The number of rotatable bonds is 2. The van der Waals surface area contributed by atoms with E-state index in [1.807, 2.05) is 38.4 Å². The highest BCUT2D eigenvalue weighted by Crippen LogP contribution is 2.30. The van der Waals surface area contributed by atoms with E-state index < -0.39 is 5.41 Å². The largest absolute Gasteiger partial charge is 0.355 e. The first-order chi connectivity index (χ1) is 12.0. The Balaban J connectivity index is 1.76. The Kier molecular flexibility index (Phi) is 3.53. The number of carbonyl (C=O) groups is 1. The summed E-state index contributed by atoms with van der Waals surface area (Å²) in [7, 11) is 2.01. The van der Waals surface area contributed by atoms with Gasteiger partial charge in [-0.3, -0.25) is 9.59 Å². The minimum absolute atomic E-state index is 0.0669. The van der Waals surface area contributed by atoms with Crippen LogP contribution in [-0.4, -0.2) is 22.0 Å². The second-order valence-corrected chi connectivity index (χ2v) is 7.01. The van der Waals surface area contributed by atoms with Crippen LogP contribution in [0.15, 0.2) is 47.4 Å². The summed E-state index contributed by atoms with van der Waals surface area (Å²) in [5.41, 5.74) is 2.46. The summed E-state index contributed by atoms with van der Waals surface area (Å²) in [4.78, 5) is 28.0. The SMILES string of the molecule is Cn1ccc2cc(-c3ccc([C@]4(C)CCCNC4=O)c(=O)[nH]3)ccc21. The summed E-state index contributed by atoms with van der Waals surface area (Å²) in [6.45, 7) is 2.53. The van der Waals surface area contributed by atoms with Crippen LogP contribution in [0, 0.1) is 0 Å². The maximum Gasteiger partial charge on any atom is 0.252 e. The van der Waals surface area contributed by atoms with Gasteiger partial charge in [0.2, 0.25) is 5.91 Å². The molecule has 1 aliphatic rings. The van der Waals surface area contributed by atoms with Gasteiger partial charge in [0.15, 0.2) is 0 Å². The third kappa shape index (κ3) is 2.47. The van der Waals surface area contributed by atoms with Gasteiger partial charge in [0.25, 0.3) is 5.56 Å². The third-order valence-corrected chi connectivity index (χ3v) is 5.34. The van der Waals surface area contributed by atoms with E-state index in [2.05, 4.69) is 27.0 Å². The lowest BCUT2D eigenvalue weighted by Gasteiger charge is -2.32. The number of aromatic nitrogens is 2. The fourth-order valence-corrected chi connectivity index (χ4v) is 3.74. The van der Waals surface area contributed by atoms with Gasteiger partial charge in [-0.2, -0.15) is 0 Å². The number of fused-ring (bicyclic) bond motifs is 1. The molecule has 0 aliphatic carbocycles. The van der Waals surface area contributed by atoms with Crippen molar-refractivity contribution in [3.8, 4) is 11.3 Å². The number of hydrogen-bond donors (Lipinski definition) is 2. The van der Waals surface area contributed by atoms with E-state index in [0.717, 1.165) is 28.6 Å². The van der Waals surface area contributed by atoms with E-state index >= 15 is 0 Å². The number of amides is 1. The summed E-state index contributed by atoms with van der Waals surface area (Å²) >= 11 is 0. The molecule has 0 radical (unpaired) electrons. The van der Waals surface area contributed by atoms with Crippen molar-refractivity contribution in [1.82, 2.24) is 14.9 Å². The molecule has 128 valence electrons. The van der Waals surface area contributed by atoms with E-state index in [1.54, 1.807) is 6.07 Å². The average molecular weight is 335 g/mol. The molecule has 0 spiro atoms. The van der Waals surface area contributed by atoms with E-state index in [0.29, 0.717) is 18.5 Å². The maximum atomic E-state index is 12.7. The molecule has 1 aromatic carbocycles. The molecule has 2 N–H and O–H groups in total. The van der Waals surface area contributed by atoms with Crippen LogP contribution in [0.3, 0.4) is 0 Å². The lowest BCUT2D eigenvalue weighted by molar-refractivity contribution is -0.128. The van der Waals surface area contributed by atoms with Gasteiger partial charge >= 0.3 is 0 Å². The predicted octanol–water partition coefficient (Wildman–Crippen LogP) is 2.70. The van der Waals surface area contributed by atoms with Crippen molar-refractivity contribution in [2.24, 2.45) is 7.05 Å². The van der Waals surface area contributed by atoms with Crippen LogP contribution in [0.1, 0.15) is 25.3 Å². The molecule has 3 aromatic rings. The third-order valence-electron chi connectivity index (χ3n) is 5.34. The Morgan fingerprint density at radius 2 is 1.96 bits per heavy atom. The van der Waals surface area contributed by atoms with Gasteiger partial charge in [-0.05, 0) is 49.6 Å². The van der Waals surface area contributed by atoms with Crippen molar-refractivity contribution in [2.45, 2.75) is 25.2 Å². The fraction of sp³-hybridized carbons (Fsp3) is 0.300. The van der Waals surface area contributed by atoms with Crippen molar-refractivity contribution in [3.63, 3.8) is 0 Å². The first-order valence-electron chi connectivity index (χ1n) is 8.57. The fourth-order valence-electron chi connectivity index (χ4n) is 3.74. The van der Waals surface area contributed by atoms with Crippen LogP contribution in [0.25, 0.3) is 22.2 Å². The Morgan fingerprint density at radius 3 is 2.72 bits per heavy atom. The number of nitrogens with one attached hydrogen (secondary N) is 2. The number of benzene rings is 1. The van der Waals surface area contributed by atoms with E-state index in [9.17, 15) is 9.59 Å². The van der Waals surface area contributed by atoms with E-state index in [1.165, 1.54) is 0 Å². The molecule has 1 fully saturated rings. The van der Waals surface area contributed by atoms with Crippen LogP contribution in [0.2, 0.25) is 0 Å². The van der Waals surface area contributed by atoms with Crippen LogP contribution in [0.5, 0.6) is 0 Å². The molecule has 1 atom stereocenters. The summed E-state index contributed by atoms with van der Waals surface area (Å²) in [5.74, 6) is -0.0669. The zero-order chi connectivity index (χ0) is 17.6. The Labute approximate surface area is 145 Å². The first kappa shape index (κ1) is 15.7. The lowest BCUT2D eigenvalue weighted by atomic mass is 9.76. The zero-order valence-electron chi connectivity index (χ0n) is 14.4. The van der Waals surface area contributed by atoms with Crippen molar-refractivity contribution in [3.05, 3.63) is 58.5 Å². The molecule has 0 saturated carbocycles. The summed E-state index contributed by atoms with van der Waals surface area (Å²) in [6, 6.07) is 11.9. The number of nitrogens with zero attached hydrogens (tertiary/aromatic N) is 1. The zero-order valence-corrected chi connectivity index (χ0v) is 14.4. The number of pyridine rings is 1. The number of piperidine rings is 1. The van der Waals surface area contributed by atoms with Gasteiger partial charge in [0, 0.05) is 41.9 Å². The molecule has 1 amide bonds. The number of H-pyrrole nitrogens is 1. The molecule has 3 heterocycles. The minimum atomic E-state index is -0.756. The second kappa shape index (κ2) is 5.62. The molecule has 5 nitrogen and oxygen atoms in total. The molecule has 2 aromatic heterocycles. The van der Waals surface area contributed by atoms with Crippen LogP contribution in [-0.2, 0) is 17.3 Å². The maximum absolute atomic E-state index is 12.7. The summed E-state index contributed by atoms with van der Waals surface area (Å²) < 4.78 is 2.06. The van der Waals surface area contributed by atoms with Crippen LogP contribution < -0.4 is 10.9 Å². The van der Waals surface area contributed by atoms with Crippen molar-refractivity contribution in [1.29, 1.82) is 0 Å². The monoisotopic (exact) mass is 335 g/mol. The van der Waals surface area contributed by atoms with Crippen molar-refractivity contribution >= 4 is 16.8 Å². The molecular formula is C20H21N3O2. The van der Waals surface area contributed by atoms with Gasteiger partial charge in [0.05, 0.1) is 5.41 Å². The Morgan fingerprint density at radius 1 is 1.12 bits per heavy atom. The van der Waals surface area contributed by atoms with E-state index in [4.69, 9.17) is 0 Å². The Bertz CT molecular complexity index is 1030. The molecule has 1 aliphatic heterocycles. The van der Waals surface area contributed by atoms with Gasteiger partial charge in [0.1, 0.15) is 0 Å². The highest BCUT2D eigenvalue weighted by molar-refractivity contribution is 5.88. The van der Waals surface area contributed by atoms with Gasteiger partial charge < -0.3 is 14.9 Å². The predicted molar refractivity (Wildman–Crippen MR) is 98.6 cm³/mol. The lowest BCUT2D eigenvalue weighted by Crippen LogP contribution is -2.49. The molecule has 5 heteroatoms. The van der Waals surface area contributed by atoms with Gasteiger partial charge in [-0.15, -0.1) is 0 Å². The van der Waals surface area contributed by atoms with Gasteiger partial charge in [-0.25, -0.2) is 0 Å². The molecule has 0 bridgehead atoms. The molecule has 0 unspecified atom stereocenters. The standard InChI is InChI=1S/C20H21N3O2/c1-20(9-3-10-21-19(20)25)15-5-6-16(22-18(15)24)13-4-7-17-14(12-13)8-11-23(17)2/h4-8,11-12H,3,9-10H2,1-2H3,(H,21,25)(H,22,24)/t20-/m0/s1. The van der Waals surface area contributed by atoms with Crippen LogP contribution >= 0.6 is 0 Å². The second-order valence-electron chi connectivity index (χ2n) is 7.01.